The Morgan fingerprint density at radius 2 is 1.82 bits per heavy atom. The Balaban J connectivity index is 2.21. The molecule has 22 heavy (non-hydrogen) atoms. The molecule has 0 heterocycles. The average molecular weight is 314 g/mol. The van der Waals surface area contributed by atoms with Gasteiger partial charge in [-0.05, 0) is 30.3 Å². The van der Waals surface area contributed by atoms with Crippen molar-refractivity contribution in [3.05, 3.63) is 60.2 Å². The lowest BCUT2D eigenvalue weighted by Gasteiger charge is -2.09. The number of carbonyl (C=O) groups excluding carboxylic acids is 1. The van der Waals surface area contributed by atoms with Gasteiger partial charge >= 0.3 is 0 Å². The molecule has 6 heteroatoms. The van der Waals surface area contributed by atoms with E-state index in [1.807, 2.05) is 0 Å². The Kier molecular flexibility index (Phi) is 4.81. The molecule has 2 aromatic carbocycles. The molecule has 0 aliphatic carbocycles. The fourth-order valence-corrected chi connectivity index (χ4v) is 2.84. The number of carbonyl (C=O) groups is 1. The summed E-state index contributed by atoms with van der Waals surface area (Å²) < 4.78 is 26.9. The van der Waals surface area contributed by atoms with Gasteiger partial charge in [-0.3, -0.25) is 9.52 Å². The number of amides is 1. The highest BCUT2D eigenvalue weighted by atomic mass is 32.2. The van der Waals surface area contributed by atoms with E-state index in [0.29, 0.717) is 11.3 Å². The number of hydrogen-bond donors (Lipinski definition) is 2. The zero-order valence-corrected chi connectivity index (χ0v) is 12.4. The van der Waals surface area contributed by atoms with Gasteiger partial charge in [-0.2, -0.15) is 0 Å². The van der Waals surface area contributed by atoms with Crippen LogP contribution in [0.4, 0.5) is 5.69 Å². The number of anilines is 1. The topological polar surface area (TPSA) is 75.3 Å². The molecule has 0 fully saturated rings. The highest BCUT2D eigenvalue weighted by molar-refractivity contribution is 7.92. The third kappa shape index (κ3) is 3.87. The predicted molar refractivity (Wildman–Crippen MR) is 84.9 cm³/mol. The van der Waals surface area contributed by atoms with Gasteiger partial charge < -0.3 is 5.32 Å². The molecular formula is C16H14N2O3S. The largest absolute Gasteiger partial charge is 0.341 e. The molecule has 0 saturated carbocycles. The zero-order chi connectivity index (χ0) is 16.0. The molecule has 0 aliphatic rings. The Morgan fingerprint density at radius 1 is 1.09 bits per heavy atom. The molecule has 0 saturated heterocycles. The molecule has 0 spiro atoms. The van der Waals surface area contributed by atoms with E-state index in [4.69, 9.17) is 6.42 Å². The molecule has 0 aliphatic heterocycles. The van der Waals surface area contributed by atoms with Crippen LogP contribution in [-0.4, -0.2) is 20.9 Å². The Hall–Kier alpha value is -2.78. The van der Waals surface area contributed by atoms with Gasteiger partial charge in [-0.1, -0.05) is 30.2 Å². The van der Waals surface area contributed by atoms with E-state index in [9.17, 15) is 13.2 Å². The summed E-state index contributed by atoms with van der Waals surface area (Å²) in [6.07, 6.45) is 5.08. The van der Waals surface area contributed by atoms with Crippen LogP contribution in [0, 0.1) is 12.3 Å². The second kappa shape index (κ2) is 6.78. The van der Waals surface area contributed by atoms with Crippen LogP contribution in [0.15, 0.2) is 59.5 Å². The average Bonchev–Trinajstić information content (AvgIpc) is 2.53. The maximum Gasteiger partial charge on any atom is 0.261 e. The lowest BCUT2D eigenvalue weighted by Crippen LogP contribution is -2.23. The van der Waals surface area contributed by atoms with Crippen molar-refractivity contribution in [1.82, 2.24) is 5.32 Å². The summed E-state index contributed by atoms with van der Waals surface area (Å²) in [7, 11) is -3.69. The van der Waals surface area contributed by atoms with E-state index >= 15 is 0 Å². The van der Waals surface area contributed by atoms with Gasteiger partial charge in [0.1, 0.15) is 0 Å². The first-order chi connectivity index (χ1) is 10.5. The van der Waals surface area contributed by atoms with E-state index in [-0.39, 0.29) is 17.3 Å². The van der Waals surface area contributed by atoms with Crippen LogP contribution in [0.1, 0.15) is 10.4 Å². The first-order valence-electron chi connectivity index (χ1n) is 6.42. The monoisotopic (exact) mass is 314 g/mol. The number of sulfonamides is 1. The minimum absolute atomic E-state index is 0.110. The molecular weight excluding hydrogens is 300 g/mol. The highest BCUT2D eigenvalue weighted by Crippen LogP contribution is 2.17. The van der Waals surface area contributed by atoms with Crippen molar-refractivity contribution in [2.45, 2.75) is 4.90 Å². The lowest BCUT2D eigenvalue weighted by molar-refractivity contribution is 0.0958. The maximum absolute atomic E-state index is 12.2. The number of rotatable bonds is 5. The molecule has 0 radical (unpaired) electrons. The molecule has 5 nitrogen and oxygen atoms in total. The molecule has 2 aromatic rings. The summed E-state index contributed by atoms with van der Waals surface area (Å²) in [6.45, 7) is 0.110. The van der Waals surface area contributed by atoms with Crippen LogP contribution in [0.5, 0.6) is 0 Å². The second-order valence-corrected chi connectivity index (χ2v) is 6.07. The number of nitrogens with one attached hydrogen (secondary N) is 2. The van der Waals surface area contributed by atoms with Crippen LogP contribution < -0.4 is 10.0 Å². The SMILES string of the molecule is C#CCNC(=O)c1cccc(NS(=O)(=O)c2ccccc2)c1. The summed E-state index contributed by atoms with van der Waals surface area (Å²) in [4.78, 5) is 12.0. The van der Waals surface area contributed by atoms with Gasteiger partial charge in [-0.15, -0.1) is 6.42 Å². The fraction of sp³-hybridized carbons (Fsp3) is 0.0625. The van der Waals surface area contributed by atoms with Crippen LogP contribution in [0.2, 0.25) is 0 Å². The van der Waals surface area contributed by atoms with E-state index in [1.54, 1.807) is 36.4 Å². The summed E-state index contributed by atoms with van der Waals surface area (Å²) >= 11 is 0. The Morgan fingerprint density at radius 3 is 2.50 bits per heavy atom. The van der Waals surface area contributed by atoms with E-state index in [0.717, 1.165) is 0 Å². The summed E-state index contributed by atoms with van der Waals surface area (Å²) in [5.74, 6) is 1.94. The first kappa shape index (κ1) is 15.6. The fourth-order valence-electron chi connectivity index (χ4n) is 1.77. The second-order valence-electron chi connectivity index (χ2n) is 4.39. The van der Waals surface area contributed by atoms with Crippen LogP contribution in [0.25, 0.3) is 0 Å². The summed E-state index contributed by atoms with van der Waals surface area (Å²) in [5.41, 5.74) is 0.626. The Bertz CT molecular complexity index is 809. The molecule has 2 N–H and O–H groups in total. The molecule has 2 rings (SSSR count). The van der Waals surface area contributed by atoms with E-state index in [1.165, 1.54) is 18.2 Å². The number of hydrogen-bond acceptors (Lipinski definition) is 3. The van der Waals surface area contributed by atoms with Crippen molar-refractivity contribution in [2.24, 2.45) is 0 Å². The maximum atomic E-state index is 12.2. The van der Waals surface area contributed by atoms with Crippen LogP contribution in [-0.2, 0) is 10.0 Å². The molecule has 0 unspecified atom stereocenters. The van der Waals surface area contributed by atoms with E-state index in [2.05, 4.69) is 16.0 Å². The van der Waals surface area contributed by atoms with Gasteiger partial charge in [0.15, 0.2) is 0 Å². The highest BCUT2D eigenvalue weighted by Gasteiger charge is 2.14. The smallest absolute Gasteiger partial charge is 0.261 e. The third-order valence-electron chi connectivity index (χ3n) is 2.78. The molecule has 112 valence electrons. The van der Waals surface area contributed by atoms with Gasteiger partial charge in [0, 0.05) is 11.3 Å². The Labute approximate surface area is 129 Å². The first-order valence-corrected chi connectivity index (χ1v) is 7.91. The van der Waals surface area contributed by atoms with Gasteiger partial charge in [0.05, 0.1) is 11.4 Å². The standard InChI is InChI=1S/C16H14N2O3S/c1-2-11-17-16(19)13-7-6-8-14(12-13)18-22(20,21)15-9-4-3-5-10-15/h1,3-10,12,18H,11H2,(H,17,19). The van der Waals surface area contributed by atoms with Crippen molar-refractivity contribution in [3.63, 3.8) is 0 Å². The number of benzene rings is 2. The van der Waals surface area contributed by atoms with Gasteiger partial charge in [0.2, 0.25) is 0 Å². The van der Waals surface area contributed by atoms with Crippen molar-refractivity contribution in [1.29, 1.82) is 0 Å². The predicted octanol–water partition coefficient (Wildman–Crippen LogP) is 1.85. The van der Waals surface area contributed by atoms with Crippen molar-refractivity contribution >= 4 is 21.6 Å². The van der Waals surface area contributed by atoms with Gasteiger partial charge in [-0.25, -0.2) is 8.42 Å². The summed E-state index contributed by atoms with van der Waals surface area (Å²) in [5, 5.41) is 2.52. The summed E-state index contributed by atoms with van der Waals surface area (Å²) in [6, 6.07) is 14.2. The normalized spacial score (nSPS) is 10.5. The molecule has 1 amide bonds. The number of terminal acetylenes is 1. The zero-order valence-electron chi connectivity index (χ0n) is 11.6. The van der Waals surface area contributed by atoms with Crippen molar-refractivity contribution < 1.29 is 13.2 Å². The van der Waals surface area contributed by atoms with Crippen molar-refractivity contribution in [2.75, 3.05) is 11.3 Å². The molecule has 0 bridgehead atoms. The minimum Gasteiger partial charge on any atom is -0.341 e. The minimum atomic E-state index is -3.69. The third-order valence-corrected chi connectivity index (χ3v) is 4.18. The molecule has 0 atom stereocenters. The molecule has 0 aromatic heterocycles. The lowest BCUT2D eigenvalue weighted by atomic mass is 10.2. The van der Waals surface area contributed by atoms with Crippen molar-refractivity contribution in [3.8, 4) is 12.3 Å². The van der Waals surface area contributed by atoms with Crippen LogP contribution >= 0.6 is 0 Å². The quantitative estimate of drug-likeness (QED) is 0.827. The van der Waals surface area contributed by atoms with E-state index < -0.39 is 10.0 Å². The van der Waals surface area contributed by atoms with Gasteiger partial charge in [0.25, 0.3) is 15.9 Å². The van der Waals surface area contributed by atoms with Crippen LogP contribution in [0.3, 0.4) is 0 Å².